The molecule has 1 fully saturated rings. The fourth-order valence-electron chi connectivity index (χ4n) is 1.53. The van der Waals surface area contributed by atoms with Crippen LogP contribution >= 0.6 is 0 Å². The molecule has 0 aliphatic carbocycles. The maximum atomic E-state index is 11.3. The van der Waals surface area contributed by atoms with Crippen LogP contribution in [-0.4, -0.2) is 59.4 Å². The SMILES string of the molecule is COCC(=O)N1CC(O)CC1C(=O)O. The van der Waals surface area contributed by atoms with Crippen molar-refractivity contribution in [3.8, 4) is 0 Å². The van der Waals surface area contributed by atoms with E-state index >= 15 is 0 Å². The molecule has 0 spiro atoms. The second kappa shape index (κ2) is 4.39. The van der Waals surface area contributed by atoms with Crippen LogP contribution in [0.1, 0.15) is 6.42 Å². The summed E-state index contributed by atoms with van der Waals surface area (Å²) in [5.74, 6) is -1.50. The molecule has 0 radical (unpaired) electrons. The molecule has 2 atom stereocenters. The van der Waals surface area contributed by atoms with Gasteiger partial charge in [-0.1, -0.05) is 0 Å². The fraction of sp³-hybridized carbons (Fsp3) is 0.750. The quantitative estimate of drug-likeness (QED) is 0.594. The van der Waals surface area contributed by atoms with E-state index in [4.69, 9.17) is 5.11 Å². The Kier molecular flexibility index (Phi) is 3.43. The predicted molar refractivity (Wildman–Crippen MR) is 45.6 cm³/mol. The van der Waals surface area contributed by atoms with Crippen LogP contribution in [0, 0.1) is 0 Å². The molecule has 1 rings (SSSR count). The molecule has 2 unspecified atom stereocenters. The lowest BCUT2D eigenvalue weighted by atomic mass is 10.2. The minimum Gasteiger partial charge on any atom is -0.480 e. The van der Waals surface area contributed by atoms with Gasteiger partial charge in [0.05, 0.1) is 6.10 Å². The minimum atomic E-state index is -1.09. The minimum absolute atomic E-state index is 0.0686. The summed E-state index contributed by atoms with van der Waals surface area (Å²) in [6.07, 6.45) is -0.665. The Morgan fingerprint density at radius 2 is 2.21 bits per heavy atom. The molecule has 0 aromatic carbocycles. The lowest BCUT2D eigenvalue weighted by Crippen LogP contribution is -2.42. The molecule has 6 heteroatoms. The monoisotopic (exact) mass is 203 g/mol. The molecule has 1 saturated heterocycles. The van der Waals surface area contributed by atoms with Crippen LogP contribution in [-0.2, 0) is 14.3 Å². The normalized spacial score (nSPS) is 26.6. The molecule has 0 saturated carbocycles. The second-order valence-electron chi connectivity index (χ2n) is 3.22. The van der Waals surface area contributed by atoms with Gasteiger partial charge >= 0.3 is 5.97 Å². The number of carboxylic acids is 1. The Balaban J connectivity index is 2.66. The van der Waals surface area contributed by atoms with Gasteiger partial charge in [-0.25, -0.2) is 4.79 Å². The summed E-state index contributed by atoms with van der Waals surface area (Å²) >= 11 is 0. The van der Waals surface area contributed by atoms with E-state index in [1.54, 1.807) is 0 Å². The summed E-state index contributed by atoms with van der Waals surface area (Å²) < 4.78 is 4.61. The zero-order valence-electron chi connectivity index (χ0n) is 7.84. The number of methoxy groups -OCH3 is 1. The molecule has 1 heterocycles. The maximum absolute atomic E-state index is 11.3. The Morgan fingerprint density at radius 3 is 2.71 bits per heavy atom. The van der Waals surface area contributed by atoms with Crippen molar-refractivity contribution in [2.45, 2.75) is 18.6 Å². The van der Waals surface area contributed by atoms with E-state index < -0.39 is 24.0 Å². The summed E-state index contributed by atoms with van der Waals surface area (Å²) in [7, 11) is 1.36. The number of amides is 1. The highest BCUT2D eigenvalue weighted by atomic mass is 16.5. The van der Waals surface area contributed by atoms with Crippen LogP contribution in [0.4, 0.5) is 0 Å². The molecule has 14 heavy (non-hydrogen) atoms. The average molecular weight is 203 g/mol. The van der Waals surface area contributed by atoms with Crippen LogP contribution < -0.4 is 0 Å². The van der Waals surface area contributed by atoms with Gasteiger partial charge < -0.3 is 19.8 Å². The third-order valence-corrected chi connectivity index (χ3v) is 2.15. The number of carboxylic acid groups (broad SMARTS) is 1. The van der Waals surface area contributed by atoms with E-state index in [1.807, 2.05) is 0 Å². The van der Waals surface area contributed by atoms with Gasteiger partial charge in [0.1, 0.15) is 12.6 Å². The van der Waals surface area contributed by atoms with Crippen LogP contribution in [0.5, 0.6) is 0 Å². The number of carbonyl (C=O) groups excluding carboxylic acids is 1. The Morgan fingerprint density at radius 1 is 1.57 bits per heavy atom. The number of hydrogen-bond donors (Lipinski definition) is 2. The van der Waals surface area contributed by atoms with Crippen molar-refractivity contribution >= 4 is 11.9 Å². The summed E-state index contributed by atoms with van der Waals surface area (Å²) in [4.78, 5) is 23.2. The maximum Gasteiger partial charge on any atom is 0.326 e. The summed E-state index contributed by atoms with van der Waals surface area (Å²) in [6, 6.07) is -0.923. The number of nitrogens with zero attached hydrogens (tertiary/aromatic N) is 1. The van der Waals surface area contributed by atoms with Crippen molar-refractivity contribution in [3.63, 3.8) is 0 Å². The molecular formula is C8H13NO5. The van der Waals surface area contributed by atoms with Gasteiger partial charge in [-0.3, -0.25) is 4.79 Å². The van der Waals surface area contributed by atoms with Crippen molar-refractivity contribution in [2.75, 3.05) is 20.3 Å². The van der Waals surface area contributed by atoms with Crippen LogP contribution in [0.15, 0.2) is 0 Å². The first kappa shape index (κ1) is 10.9. The van der Waals surface area contributed by atoms with Gasteiger partial charge in [0.25, 0.3) is 0 Å². The van der Waals surface area contributed by atoms with E-state index in [1.165, 1.54) is 7.11 Å². The van der Waals surface area contributed by atoms with Gasteiger partial charge in [0.15, 0.2) is 0 Å². The van der Waals surface area contributed by atoms with Crippen LogP contribution in [0.2, 0.25) is 0 Å². The average Bonchev–Trinajstić information content (AvgIpc) is 2.48. The van der Waals surface area contributed by atoms with Crippen LogP contribution in [0.25, 0.3) is 0 Å². The lowest BCUT2D eigenvalue weighted by Gasteiger charge is -2.20. The molecule has 0 aromatic rings. The Hall–Kier alpha value is -1.14. The summed E-state index contributed by atoms with van der Waals surface area (Å²) in [5.41, 5.74) is 0. The van der Waals surface area contributed by atoms with Gasteiger partial charge in [0.2, 0.25) is 5.91 Å². The zero-order valence-corrected chi connectivity index (χ0v) is 7.84. The molecule has 1 aliphatic heterocycles. The number of aliphatic hydroxyl groups excluding tert-OH is 1. The molecule has 1 aliphatic rings. The summed E-state index contributed by atoms with van der Waals surface area (Å²) in [5, 5.41) is 18.0. The van der Waals surface area contributed by atoms with E-state index in [-0.39, 0.29) is 19.6 Å². The highest BCUT2D eigenvalue weighted by Crippen LogP contribution is 2.18. The van der Waals surface area contributed by atoms with Crippen LogP contribution in [0.3, 0.4) is 0 Å². The highest BCUT2D eigenvalue weighted by Gasteiger charge is 2.38. The van der Waals surface area contributed by atoms with Crippen molar-refractivity contribution < 1.29 is 24.5 Å². The van der Waals surface area contributed by atoms with E-state index in [2.05, 4.69) is 4.74 Å². The Labute approximate surface area is 81.1 Å². The van der Waals surface area contributed by atoms with Gasteiger partial charge in [-0.05, 0) is 0 Å². The Bertz CT molecular complexity index is 242. The first-order valence-corrected chi connectivity index (χ1v) is 4.25. The smallest absolute Gasteiger partial charge is 0.326 e. The fourth-order valence-corrected chi connectivity index (χ4v) is 1.53. The van der Waals surface area contributed by atoms with E-state index in [9.17, 15) is 14.7 Å². The second-order valence-corrected chi connectivity index (χ2v) is 3.22. The largest absolute Gasteiger partial charge is 0.480 e. The van der Waals surface area contributed by atoms with Crippen molar-refractivity contribution in [3.05, 3.63) is 0 Å². The molecule has 80 valence electrons. The number of β-amino-alcohol motifs (C(OH)–C–C–N with tert-alkyl or cyclic N) is 1. The standard InChI is InChI=1S/C8H13NO5/c1-14-4-7(11)9-3-5(10)2-6(9)8(12)13/h5-6,10H,2-4H2,1H3,(H,12,13). The number of aliphatic carboxylic acids is 1. The van der Waals surface area contributed by atoms with Gasteiger partial charge in [-0.15, -0.1) is 0 Å². The molecule has 0 aromatic heterocycles. The molecular weight excluding hydrogens is 190 g/mol. The first-order chi connectivity index (χ1) is 6.56. The van der Waals surface area contributed by atoms with E-state index in [0.717, 1.165) is 4.90 Å². The van der Waals surface area contributed by atoms with Crippen molar-refractivity contribution in [1.82, 2.24) is 4.90 Å². The first-order valence-electron chi connectivity index (χ1n) is 4.25. The number of ether oxygens (including phenoxy) is 1. The molecule has 2 N–H and O–H groups in total. The third-order valence-electron chi connectivity index (χ3n) is 2.15. The third kappa shape index (κ3) is 2.21. The van der Waals surface area contributed by atoms with Crippen molar-refractivity contribution in [1.29, 1.82) is 0 Å². The number of rotatable bonds is 3. The number of aliphatic hydroxyl groups is 1. The zero-order chi connectivity index (χ0) is 10.7. The lowest BCUT2D eigenvalue weighted by molar-refractivity contribution is -0.149. The van der Waals surface area contributed by atoms with Gasteiger partial charge in [0, 0.05) is 20.1 Å². The van der Waals surface area contributed by atoms with Gasteiger partial charge in [-0.2, -0.15) is 0 Å². The number of hydrogen-bond acceptors (Lipinski definition) is 4. The van der Waals surface area contributed by atoms with Crippen molar-refractivity contribution in [2.24, 2.45) is 0 Å². The predicted octanol–water partition coefficient (Wildman–Crippen LogP) is -1.32. The topological polar surface area (TPSA) is 87.1 Å². The highest BCUT2D eigenvalue weighted by molar-refractivity contribution is 5.85. The number of likely N-dealkylation sites (tertiary alicyclic amines) is 1. The molecule has 6 nitrogen and oxygen atoms in total. The number of carbonyl (C=O) groups is 2. The molecule has 0 bridgehead atoms. The molecule has 1 amide bonds. The summed E-state index contributed by atoms with van der Waals surface area (Å²) in [6.45, 7) is -0.0876. The van der Waals surface area contributed by atoms with E-state index in [0.29, 0.717) is 0 Å².